The number of aromatic nitrogens is 1. The maximum atomic E-state index is 14.6. The van der Waals surface area contributed by atoms with Crippen molar-refractivity contribution in [2.45, 2.75) is 25.7 Å². The monoisotopic (exact) mass is 735 g/mol. The zero-order valence-electron chi connectivity index (χ0n) is 27.4. The molecule has 6 unspecified atom stereocenters. The molecule has 6 atom stereocenters. The van der Waals surface area contributed by atoms with Gasteiger partial charge in [0.2, 0.25) is 29.5 Å². The van der Waals surface area contributed by atoms with E-state index in [1.54, 1.807) is 37.3 Å². The van der Waals surface area contributed by atoms with E-state index in [1.807, 2.05) is 30.3 Å². The Kier molecular flexibility index (Phi) is 7.26. The number of hydrogen-bond acceptors (Lipinski definition) is 7. The molecule has 1 N–H and O–H groups in total. The predicted molar refractivity (Wildman–Crippen MR) is 191 cm³/mol. The van der Waals surface area contributed by atoms with Gasteiger partial charge in [-0.1, -0.05) is 47.0 Å². The van der Waals surface area contributed by atoms with Crippen LogP contribution in [0, 0.1) is 34.9 Å². The van der Waals surface area contributed by atoms with Crippen molar-refractivity contribution in [1.29, 1.82) is 0 Å². The number of imide groups is 2. The molecule has 9 nitrogen and oxygen atoms in total. The largest absolute Gasteiger partial charge is 0.508 e. The first-order valence-electron chi connectivity index (χ1n) is 16.8. The average Bonchev–Trinajstić information content (AvgIpc) is 3.74. The number of benzene rings is 4. The number of amides is 4. The van der Waals surface area contributed by atoms with E-state index >= 15 is 0 Å². The predicted octanol–water partition coefficient (Wildman–Crippen LogP) is 8.08. The van der Waals surface area contributed by atoms with Gasteiger partial charge in [0, 0.05) is 22.1 Å². The number of nitrogens with zero attached hydrogens (tertiary/aromatic N) is 3. The van der Waals surface area contributed by atoms with Crippen molar-refractivity contribution in [2.75, 3.05) is 9.80 Å². The maximum Gasteiger partial charge on any atom is 0.241 e. The van der Waals surface area contributed by atoms with E-state index in [0.717, 1.165) is 11.0 Å². The van der Waals surface area contributed by atoms with Gasteiger partial charge in [0.25, 0.3) is 0 Å². The van der Waals surface area contributed by atoms with Gasteiger partial charge in [0.15, 0.2) is 5.58 Å². The lowest BCUT2D eigenvalue weighted by molar-refractivity contribution is -0.131. The maximum absolute atomic E-state index is 14.6. The number of oxazole rings is 1. The highest BCUT2D eigenvalue weighted by molar-refractivity contribution is 6.32. The molecule has 0 radical (unpaired) electrons. The van der Waals surface area contributed by atoms with Gasteiger partial charge in [-0.05, 0) is 98.5 Å². The first-order valence-corrected chi connectivity index (χ1v) is 17.6. The summed E-state index contributed by atoms with van der Waals surface area (Å²) in [6.45, 7) is 1.68. The first-order chi connectivity index (χ1) is 25.0. The summed E-state index contributed by atoms with van der Waals surface area (Å²) in [5.41, 5.74) is 2.11. The Balaban J connectivity index is 1.11. The summed E-state index contributed by atoms with van der Waals surface area (Å²) in [7, 11) is 0. The number of para-hydroxylation sites is 2. The Morgan fingerprint density at radius 1 is 0.865 bits per heavy atom. The van der Waals surface area contributed by atoms with Crippen LogP contribution < -0.4 is 9.80 Å². The van der Waals surface area contributed by atoms with E-state index < -0.39 is 58.5 Å². The number of phenolic OH excluding ortho intramolecular Hbond substituents is 1. The first kappa shape index (κ1) is 32.6. The zero-order chi connectivity index (χ0) is 36.2. The van der Waals surface area contributed by atoms with Crippen molar-refractivity contribution >= 4 is 69.3 Å². The molecule has 3 heterocycles. The second-order valence-electron chi connectivity index (χ2n) is 14.0. The fraction of sp³-hybridized carbons (Fsp3) is 0.225. The standard InChI is InChI=1S/C40H28Cl2FN3O6/c1-40-27(37(49)46(39(40)51)22-11-14-29(43)28(42)17-22)18-25-23(34(40)26-16-20(41)8-15-31(26)47)12-13-24-33(25)38(50)45(36(24)48)21-9-6-19(7-10-21)35-44-30-4-2-3-5-32(30)52-35/h2-12,14-17,24-25,27,33-34,47H,13,18H2,1H3. The molecule has 12 heteroatoms. The molecule has 2 aliphatic heterocycles. The van der Waals surface area contributed by atoms with Gasteiger partial charge in [0.05, 0.1) is 39.6 Å². The molecule has 52 heavy (non-hydrogen) atoms. The normalized spacial score (nSPS) is 26.8. The van der Waals surface area contributed by atoms with Crippen LogP contribution in [0.15, 0.2) is 101 Å². The number of carbonyl (C=O) groups excluding carboxylic acids is 4. The molecule has 0 spiro atoms. The molecular formula is C40H28Cl2FN3O6. The Bertz CT molecular complexity index is 2390. The second kappa shape index (κ2) is 11.6. The fourth-order valence-corrected chi connectivity index (χ4v) is 9.34. The number of rotatable bonds is 4. The highest BCUT2D eigenvalue weighted by Gasteiger charge is 2.68. The van der Waals surface area contributed by atoms with Crippen LogP contribution in [0.4, 0.5) is 15.8 Å². The van der Waals surface area contributed by atoms with Gasteiger partial charge in [-0.2, -0.15) is 0 Å². The van der Waals surface area contributed by atoms with E-state index in [0.29, 0.717) is 44.4 Å². The number of fused-ring (bicyclic) bond motifs is 5. The molecule has 1 saturated carbocycles. The summed E-state index contributed by atoms with van der Waals surface area (Å²) in [5, 5.41) is 11.3. The van der Waals surface area contributed by atoms with E-state index in [4.69, 9.17) is 27.6 Å². The van der Waals surface area contributed by atoms with Crippen molar-refractivity contribution in [3.8, 4) is 17.2 Å². The van der Waals surface area contributed by atoms with Crippen molar-refractivity contribution in [1.82, 2.24) is 4.98 Å². The Morgan fingerprint density at radius 2 is 1.62 bits per heavy atom. The Hall–Kier alpha value is -5.32. The molecular weight excluding hydrogens is 708 g/mol. The summed E-state index contributed by atoms with van der Waals surface area (Å²) < 4.78 is 20.1. The zero-order valence-corrected chi connectivity index (χ0v) is 28.9. The summed E-state index contributed by atoms with van der Waals surface area (Å²) in [6, 6.07) is 22.4. The van der Waals surface area contributed by atoms with E-state index in [2.05, 4.69) is 4.98 Å². The summed E-state index contributed by atoms with van der Waals surface area (Å²) in [5.74, 6) is -6.24. The Morgan fingerprint density at radius 3 is 2.37 bits per heavy atom. The lowest BCUT2D eigenvalue weighted by Crippen LogP contribution is -2.48. The topological polar surface area (TPSA) is 121 Å². The Labute approximate surface area is 306 Å². The van der Waals surface area contributed by atoms with Crippen LogP contribution in [0.5, 0.6) is 5.75 Å². The van der Waals surface area contributed by atoms with Crippen LogP contribution in [0.25, 0.3) is 22.6 Å². The third kappa shape index (κ3) is 4.56. The minimum atomic E-state index is -1.43. The lowest BCUT2D eigenvalue weighted by atomic mass is 9.51. The summed E-state index contributed by atoms with van der Waals surface area (Å²) >= 11 is 12.5. The number of allylic oxidation sites excluding steroid dienone is 2. The smallest absolute Gasteiger partial charge is 0.241 e. The summed E-state index contributed by atoms with van der Waals surface area (Å²) in [4.78, 5) is 64.3. The van der Waals surface area contributed by atoms with Gasteiger partial charge in [-0.15, -0.1) is 0 Å². The number of anilines is 2. The SMILES string of the molecule is CC12C(=O)N(c3ccc(F)c(Cl)c3)C(=O)C1CC1C(=CCC3C(=O)N(c4ccc(-c5nc6ccccc6o5)cc4)C(=O)C31)C2c1cc(Cl)ccc1O. The molecule has 4 amide bonds. The molecule has 1 aromatic heterocycles. The van der Waals surface area contributed by atoms with Crippen molar-refractivity contribution in [3.63, 3.8) is 0 Å². The molecule has 260 valence electrons. The van der Waals surface area contributed by atoms with Crippen molar-refractivity contribution < 1.29 is 33.1 Å². The third-order valence-electron chi connectivity index (χ3n) is 11.4. The van der Waals surface area contributed by atoms with Crippen LogP contribution in [-0.4, -0.2) is 33.7 Å². The fourth-order valence-electron chi connectivity index (χ4n) is 8.99. The van der Waals surface area contributed by atoms with Gasteiger partial charge in [-0.3, -0.25) is 24.1 Å². The van der Waals surface area contributed by atoms with Crippen LogP contribution in [0.3, 0.4) is 0 Å². The minimum absolute atomic E-state index is 0.0981. The second-order valence-corrected chi connectivity index (χ2v) is 14.9. The highest BCUT2D eigenvalue weighted by atomic mass is 35.5. The number of hydrogen-bond donors (Lipinski definition) is 1. The average molecular weight is 737 g/mol. The van der Waals surface area contributed by atoms with Crippen LogP contribution >= 0.6 is 23.2 Å². The molecule has 3 fully saturated rings. The van der Waals surface area contributed by atoms with Crippen LogP contribution in [0.2, 0.25) is 10.0 Å². The van der Waals surface area contributed by atoms with Gasteiger partial charge < -0.3 is 9.52 Å². The van der Waals surface area contributed by atoms with Crippen molar-refractivity contribution in [3.05, 3.63) is 118 Å². The van der Waals surface area contributed by atoms with Gasteiger partial charge in [-0.25, -0.2) is 14.3 Å². The van der Waals surface area contributed by atoms with Gasteiger partial charge >= 0.3 is 0 Å². The number of phenols is 1. The number of aromatic hydroxyl groups is 1. The van der Waals surface area contributed by atoms with Crippen molar-refractivity contribution in [2.24, 2.45) is 29.1 Å². The molecule has 0 bridgehead atoms. The van der Waals surface area contributed by atoms with E-state index in [1.165, 1.54) is 29.2 Å². The van der Waals surface area contributed by atoms with Gasteiger partial charge in [0.1, 0.15) is 17.1 Å². The quantitative estimate of drug-likeness (QED) is 0.146. The van der Waals surface area contributed by atoms with E-state index in [-0.39, 0.29) is 35.2 Å². The van der Waals surface area contributed by atoms with Crippen LogP contribution in [0.1, 0.15) is 31.2 Å². The minimum Gasteiger partial charge on any atom is -0.508 e. The van der Waals surface area contributed by atoms with Crippen LogP contribution in [-0.2, 0) is 19.2 Å². The molecule has 5 aromatic rings. The molecule has 9 rings (SSSR count). The summed E-state index contributed by atoms with van der Waals surface area (Å²) in [6.07, 6.45) is 2.20. The lowest BCUT2D eigenvalue weighted by Gasteiger charge is -2.49. The van der Waals surface area contributed by atoms with E-state index in [9.17, 15) is 28.7 Å². The number of halogens is 3. The molecule has 4 aromatic carbocycles. The number of carbonyl (C=O) groups is 4. The highest BCUT2D eigenvalue weighted by Crippen LogP contribution is 2.64. The molecule has 2 saturated heterocycles. The third-order valence-corrected chi connectivity index (χ3v) is 11.9. The molecule has 2 aliphatic carbocycles. The molecule has 4 aliphatic rings.